The third-order valence-corrected chi connectivity index (χ3v) is 7.59. The van der Waals surface area contributed by atoms with E-state index >= 15 is 0 Å². The van der Waals surface area contributed by atoms with Gasteiger partial charge in [-0.15, -0.1) is 0 Å². The van der Waals surface area contributed by atoms with Crippen molar-refractivity contribution in [1.29, 1.82) is 0 Å². The monoisotopic (exact) mass is 370 g/mol. The first-order chi connectivity index (χ1) is 11.8. The van der Waals surface area contributed by atoms with E-state index in [2.05, 4.69) is 105 Å². The van der Waals surface area contributed by atoms with Crippen LogP contribution in [-0.2, 0) is 0 Å². The molecule has 0 amide bonds. The van der Waals surface area contributed by atoms with Gasteiger partial charge in [-0.05, 0) is 0 Å². The number of rotatable bonds is 5. The van der Waals surface area contributed by atoms with Crippen LogP contribution in [0.3, 0.4) is 0 Å². The van der Waals surface area contributed by atoms with Crippen molar-refractivity contribution in [2.45, 2.75) is 59.3 Å². The van der Waals surface area contributed by atoms with E-state index < -0.39 is 6.60 Å². The summed E-state index contributed by atoms with van der Waals surface area (Å²) in [5, 5.41) is 1.56. The first-order valence-corrected chi connectivity index (χ1v) is 14.1. The van der Waals surface area contributed by atoms with Gasteiger partial charge in [0, 0.05) is 0 Å². The van der Waals surface area contributed by atoms with Crippen LogP contribution in [0.5, 0.6) is 0 Å². The molecule has 0 spiro atoms. The Morgan fingerprint density at radius 3 is 1.50 bits per heavy atom. The molecule has 0 fully saturated rings. The molecule has 0 aromatic heterocycles. The predicted molar refractivity (Wildman–Crippen MR) is 124 cm³/mol. The van der Waals surface area contributed by atoms with E-state index in [9.17, 15) is 0 Å². The molecule has 1 heteroatoms. The molecule has 0 heterocycles. The van der Waals surface area contributed by atoms with Crippen LogP contribution in [0.25, 0.3) is 11.1 Å². The molecular formula is C25H39P. The van der Waals surface area contributed by atoms with Crippen molar-refractivity contribution < 1.29 is 0 Å². The average molecular weight is 371 g/mol. The Morgan fingerprint density at radius 1 is 0.654 bits per heavy atom. The quantitative estimate of drug-likeness (QED) is 0.480. The van der Waals surface area contributed by atoms with Crippen molar-refractivity contribution in [3.63, 3.8) is 0 Å². The zero-order chi connectivity index (χ0) is 19.9. The van der Waals surface area contributed by atoms with Crippen molar-refractivity contribution >= 4 is 11.9 Å². The van der Waals surface area contributed by atoms with Gasteiger partial charge in [-0.25, -0.2) is 0 Å². The fraction of sp³-hybridized carbons (Fsp3) is 0.520. The first kappa shape index (κ1) is 21.2. The summed E-state index contributed by atoms with van der Waals surface area (Å²) in [6.45, 7) is 22.0. The Morgan fingerprint density at radius 2 is 1.12 bits per heavy atom. The molecule has 0 saturated heterocycles. The van der Waals surface area contributed by atoms with Crippen molar-refractivity contribution in [2.75, 3.05) is 26.7 Å². The van der Waals surface area contributed by atoms with Gasteiger partial charge >= 0.3 is 162 Å². The van der Waals surface area contributed by atoms with Crippen molar-refractivity contribution in [3.05, 3.63) is 53.1 Å². The minimum atomic E-state index is -1.89. The molecule has 0 aliphatic carbocycles. The van der Waals surface area contributed by atoms with E-state index in [-0.39, 0.29) is 0 Å². The van der Waals surface area contributed by atoms with Crippen LogP contribution in [0.1, 0.15) is 76.0 Å². The number of benzene rings is 2. The fourth-order valence-electron chi connectivity index (χ4n) is 3.73. The van der Waals surface area contributed by atoms with Gasteiger partial charge in [0.05, 0.1) is 0 Å². The second-order valence-electron chi connectivity index (χ2n) is 10.6. The molecule has 0 saturated carbocycles. The second kappa shape index (κ2) is 7.12. The normalized spacial score (nSPS) is 14.1. The number of hydrogen-bond acceptors (Lipinski definition) is 0. The summed E-state index contributed by atoms with van der Waals surface area (Å²) in [4.78, 5) is 0. The zero-order valence-electron chi connectivity index (χ0n) is 18.6. The van der Waals surface area contributed by atoms with Gasteiger partial charge in [0.15, 0.2) is 0 Å². The molecule has 26 heavy (non-hydrogen) atoms. The second-order valence-corrected chi connectivity index (χ2v) is 18.3. The summed E-state index contributed by atoms with van der Waals surface area (Å²) in [5.74, 6) is 1.59. The molecule has 0 unspecified atom stereocenters. The van der Waals surface area contributed by atoms with Crippen LogP contribution >= 0.6 is 6.60 Å². The molecule has 2 aromatic rings. The van der Waals surface area contributed by atoms with Crippen LogP contribution in [-0.4, -0.2) is 26.7 Å². The van der Waals surface area contributed by atoms with Crippen molar-refractivity contribution in [2.24, 2.45) is 0 Å². The van der Waals surface area contributed by atoms with Crippen LogP contribution in [0.2, 0.25) is 0 Å². The van der Waals surface area contributed by atoms with E-state index in [1.54, 1.807) is 5.30 Å². The predicted octanol–water partition coefficient (Wildman–Crippen LogP) is 7.42. The molecule has 0 aliphatic rings. The van der Waals surface area contributed by atoms with Crippen LogP contribution in [0, 0.1) is 0 Å². The Bertz CT molecular complexity index is 747. The van der Waals surface area contributed by atoms with E-state index in [0.717, 1.165) is 0 Å². The van der Waals surface area contributed by atoms with Gasteiger partial charge < -0.3 is 0 Å². The maximum absolute atomic E-state index is 2.47. The molecule has 2 rings (SSSR count). The molecule has 0 bridgehead atoms. The van der Waals surface area contributed by atoms with Crippen molar-refractivity contribution in [3.8, 4) is 11.1 Å². The summed E-state index contributed by atoms with van der Waals surface area (Å²) >= 11 is 0. The summed E-state index contributed by atoms with van der Waals surface area (Å²) in [6, 6.07) is 14.1. The topological polar surface area (TPSA) is 0 Å². The third kappa shape index (κ3) is 4.40. The van der Waals surface area contributed by atoms with Crippen LogP contribution in [0.15, 0.2) is 36.4 Å². The van der Waals surface area contributed by atoms with Gasteiger partial charge in [0.25, 0.3) is 0 Å². The Labute approximate surface area is 162 Å². The molecule has 0 N–H and O–H groups in total. The van der Waals surface area contributed by atoms with Gasteiger partial charge in [-0.1, -0.05) is 0 Å². The van der Waals surface area contributed by atoms with Crippen molar-refractivity contribution in [1.82, 2.24) is 0 Å². The van der Waals surface area contributed by atoms with E-state index in [1.807, 2.05) is 0 Å². The molecule has 0 aliphatic heterocycles. The van der Waals surface area contributed by atoms with Gasteiger partial charge in [0.2, 0.25) is 0 Å². The first-order valence-electron chi connectivity index (χ1n) is 10.1. The summed E-state index contributed by atoms with van der Waals surface area (Å²) in [7, 11) is 0. The minimum absolute atomic E-state index is 0.516. The molecule has 144 valence electrons. The Hall–Kier alpha value is -1.13. The molecule has 0 radical (unpaired) electrons. The summed E-state index contributed by atoms with van der Waals surface area (Å²) < 4.78 is 0. The fourth-order valence-corrected chi connectivity index (χ4v) is 5.56. The third-order valence-electron chi connectivity index (χ3n) is 5.27. The van der Waals surface area contributed by atoms with Gasteiger partial charge in [-0.3, -0.25) is 0 Å². The summed E-state index contributed by atoms with van der Waals surface area (Å²) in [5.41, 5.74) is 7.44. The SMILES string of the molecule is CC(C)c1cc(C(C)C)c(-c2ccccc2P(C)(C)(C)C)c(C(C)C)c1. The molecular weight excluding hydrogens is 331 g/mol. The summed E-state index contributed by atoms with van der Waals surface area (Å²) in [6.07, 6.45) is 0. The van der Waals surface area contributed by atoms with Gasteiger partial charge in [-0.2, -0.15) is 0 Å². The van der Waals surface area contributed by atoms with Gasteiger partial charge in [0.1, 0.15) is 0 Å². The standard InChI is InChI=1S/C25H39P/c1-17(2)20-15-22(18(3)4)25(23(16-20)19(5)6)21-13-11-12-14-24(21)26(7,8,9)10/h11-19H,1-10H3. The van der Waals surface area contributed by atoms with E-state index in [1.165, 1.54) is 27.8 Å². The molecule has 0 nitrogen and oxygen atoms in total. The van der Waals surface area contributed by atoms with E-state index in [0.29, 0.717) is 17.8 Å². The average Bonchev–Trinajstić information content (AvgIpc) is 2.51. The number of hydrogen-bond donors (Lipinski definition) is 0. The van der Waals surface area contributed by atoms with Crippen LogP contribution < -0.4 is 5.30 Å². The zero-order valence-corrected chi connectivity index (χ0v) is 19.5. The Kier molecular flexibility index (Phi) is 5.80. The van der Waals surface area contributed by atoms with Crippen LogP contribution in [0.4, 0.5) is 0 Å². The maximum atomic E-state index is 2.47. The molecule has 2 aromatic carbocycles. The molecule has 0 atom stereocenters. The Balaban J connectivity index is 2.95. The van der Waals surface area contributed by atoms with E-state index in [4.69, 9.17) is 0 Å².